The summed E-state index contributed by atoms with van der Waals surface area (Å²) in [6, 6.07) is 5.61. The van der Waals surface area contributed by atoms with E-state index in [1.165, 1.54) is 17.3 Å². The van der Waals surface area contributed by atoms with Gasteiger partial charge in [-0.1, -0.05) is 19.3 Å². The Balaban J connectivity index is 1.36. The lowest BCUT2D eigenvalue weighted by molar-refractivity contribution is -0.161. The molecule has 0 radical (unpaired) electrons. The first kappa shape index (κ1) is 28.3. The van der Waals surface area contributed by atoms with Crippen LogP contribution in [0.5, 0.6) is 0 Å². The lowest BCUT2D eigenvalue weighted by Crippen LogP contribution is -2.29. The molecule has 2 fully saturated rings. The van der Waals surface area contributed by atoms with Gasteiger partial charge in [0.25, 0.3) is 0 Å². The number of hydrogen-bond acceptors (Lipinski definition) is 10. The van der Waals surface area contributed by atoms with Crippen molar-refractivity contribution in [3.05, 3.63) is 24.2 Å². The van der Waals surface area contributed by atoms with Gasteiger partial charge in [-0.05, 0) is 64.5 Å². The molecule has 2 aromatic rings. The molecule has 2 aromatic heterocycles. The van der Waals surface area contributed by atoms with Crippen molar-refractivity contribution in [2.75, 3.05) is 18.7 Å². The Morgan fingerprint density at radius 3 is 2.64 bits per heavy atom. The maximum Gasteiger partial charge on any atom is 0.415 e. The summed E-state index contributed by atoms with van der Waals surface area (Å²) in [6.45, 7) is 4.60. The topological polar surface area (TPSA) is 154 Å². The molecule has 1 saturated heterocycles. The van der Waals surface area contributed by atoms with Crippen molar-refractivity contribution in [1.82, 2.24) is 14.6 Å². The van der Waals surface area contributed by atoms with Crippen molar-refractivity contribution >= 4 is 29.4 Å². The molecule has 1 saturated carbocycles. The Bertz CT molecular complexity index is 1240. The van der Waals surface area contributed by atoms with Crippen LogP contribution in [0.1, 0.15) is 77.8 Å². The van der Waals surface area contributed by atoms with Crippen LogP contribution in [-0.4, -0.2) is 52.1 Å². The molecule has 0 bridgehead atoms. The predicted molar refractivity (Wildman–Crippen MR) is 137 cm³/mol. The summed E-state index contributed by atoms with van der Waals surface area (Å²) in [6.07, 6.45) is 6.96. The summed E-state index contributed by atoms with van der Waals surface area (Å²) in [5, 5.41) is 16.9. The number of ether oxygens (including phenoxy) is 4. The van der Waals surface area contributed by atoms with E-state index in [4.69, 9.17) is 18.9 Å². The summed E-state index contributed by atoms with van der Waals surface area (Å²) >= 11 is 0. The summed E-state index contributed by atoms with van der Waals surface area (Å²) in [4.78, 5) is 40.5. The molecular weight excluding hydrogens is 506 g/mol. The second kappa shape index (κ2) is 12.0. The van der Waals surface area contributed by atoms with Gasteiger partial charge in [0.2, 0.25) is 6.79 Å². The third-order valence-corrected chi connectivity index (χ3v) is 7.06. The van der Waals surface area contributed by atoms with Crippen molar-refractivity contribution < 1.29 is 33.3 Å². The van der Waals surface area contributed by atoms with Crippen molar-refractivity contribution in [2.24, 2.45) is 11.3 Å². The lowest BCUT2D eigenvalue weighted by Gasteiger charge is -2.22. The van der Waals surface area contributed by atoms with Gasteiger partial charge in [0.1, 0.15) is 24.5 Å². The average molecular weight is 542 g/mol. The third kappa shape index (κ3) is 6.84. The summed E-state index contributed by atoms with van der Waals surface area (Å²) in [5.74, 6) is -0.204. The molecule has 12 nitrogen and oxygen atoms in total. The number of amides is 1. The zero-order valence-corrected chi connectivity index (χ0v) is 22.6. The van der Waals surface area contributed by atoms with Crippen LogP contribution in [-0.2, 0) is 34.1 Å². The maximum atomic E-state index is 12.3. The minimum absolute atomic E-state index is 0.0890. The fourth-order valence-electron chi connectivity index (χ4n) is 4.91. The van der Waals surface area contributed by atoms with Gasteiger partial charge in [-0.2, -0.15) is 10.4 Å². The number of hydrogen-bond donors (Lipinski definition) is 1. The molecule has 1 aliphatic carbocycles. The number of aromatic nitrogens is 3. The van der Waals surface area contributed by atoms with E-state index in [1.54, 1.807) is 32.9 Å². The van der Waals surface area contributed by atoms with Crippen molar-refractivity contribution in [3.8, 4) is 6.07 Å². The van der Waals surface area contributed by atoms with E-state index in [0.717, 1.165) is 25.7 Å². The molecular formula is C27H35N5O7. The highest BCUT2D eigenvalue weighted by molar-refractivity contribution is 5.88. The van der Waals surface area contributed by atoms with Crippen molar-refractivity contribution in [2.45, 2.75) is 83.8 Å². The molecule has 39 heavy (non-hydrogen) atoms. The largest absolute Gasteiger partial charge is 0.463 e. The first-order valence-electron chi connectivity index (χ1n) is 13.3. The van der Waals surface area contributed by atoms with Gasteiger partial charge in [0.15, 0.2) is 11.4 Å². The van der Waals surface area contributed by atoms with E-state index >= 15 is 0 Å². The van der Waals surface area contributed by atoms with Crippen LogP contribution in [0.3, 0.4) is 0 Å². The van der Waals surface area contributed by atoms with Crippen LogP contribution in [0, 0.1) is 22.7 Å². The van der Waals surface area contributed by atoms with Gasteiger partial charge in [-0.3, -0.25) is 14.9 Å². The van der Waals surface area contributed by atoms with Crippen LogP contribution in [0.2, 0.25) is 0 Å². The molecule has 2 atom stereocenters. The minimum Gasteiger partial charge on any atom is -0.463 e. The molecule has 1 amide bonds. The fraction of sp³-hybridized carbons (Fsp3) is 0.630. The number of nitriles is 1. The van der Waals surface area contributed by atoms with Crippen LogP contribution in [0.4, 0.5) is 10.6 Å². The lowest BCUT2D eigenvalue weighted by atomic mass is 9.87. The number of esters is 2. The van der Waals surface area contributed by atoms with Crippen LogP contribution in [0.15, 0.2) is 18.5 Å². The van der Waals surface area contributed by atoms with E-state index in [1.807, 2.05) is 0 Å². The SMILES string of the molecule is CC(C)(C)C(=O)OCOC(=O)Nc1ncnn2c([C@@]3(C#N)CC[C@@H](COC(=O)CC4CCCCC4)O3)ccc12. The standard InChI is InChI=1S/C27H35N5O7/c1-26(2,3)24(34)37-17-38-25(35)31-23-20-9-10-21(32(20)30-16-29-23)27(15-28)12-11-19(39-27)14-36-22(33)13-18-7-5-4-6-8-18/h9-10,16,18-19H,4-8,11-14,17H2,1-3H3,(H,29,30,31,35)/t19-,27-/m0/s1. The fourth-order valence-corrected chi connectivity index (χ4v) is 4.91. The first-order valence-corrected chi connectivity index (χ1v) is 13.3. The molecule has 210 valence electrons. The number of nitrogens with one attached hydrogen (secondary N) is 1. The minimum atomic E-state index is -1.31. The highest BCUT2D eigenvalue weighted by Gasteiger charge is 2.45. The highest BCUT2D eigenvalue weighted by Crippen LogP contribution is 2.40. The third-order valence-electron chi connectivity index (χ3n) is 7.06. The van der Waals surface area contributed by atoms with Crippen molar-refractivity contribution in [1.29, 1.82) is 5.26 Å². The molecule has 1 N–H and O–H groups in total. The highest BCUT2D eigenvalue weighted by atomic mass is 16.7. The molecule has 2 aliphatic rings. The van der Waals surface area contributed by atoms with Gasteiger partial charge in [0, 0.05) is 6.42 Å². The molecule has 4 rings (SSSR count). The van der Waals surface area contributed by atoms with Gasteiger partial charge in [-0.15, -0.1) is 0 Å². The number of anilines is 1. The van der Waals surface area contributed by atoms with E-state index in [9.17, 15) is 19.6 Å². The summed E-state index contributed by atoms with van der Waals surface area (Å²) < 4.78 is 23.0. The van der Waals surface area contributed by atoms with Crippen LogP contribution >= 0.6 is 0 Å². The predicted octanol–water partition coefficient (Wildman–Crippen LogP) is 4.24. The van der Waals surface area contributed by atoms with Gasteiger partial charge < -0.3 is 18.9 Å². The Morgan fingerprint density at radius 1 is 1.15 bits per heavy atom. The summed E-state index contributed by atoms with van der Waals surface area (Å²) in [7, 11) is 0. The first-order chi connectivity index (χ1) is 18.6. The summed E-state index contributed by atoms with van der Waals surface area (Å²) in [5.41, 5.74) is -1.15. The Labute approximate surface area is 226 Å². The Hall–Kier alpha value is -3.72. The van der Waals surface area contributed by atoms with Gasteiger partial charge in [-0.25, -0.2) is 14.3 Å². The number of nitrogens with zero attached hydrogens (tertiary/aromatic N) is 4. The van der Waals surface area contributed by atoms with Gasteiger partial charge in [0.05, 0.1) is 17.2 Å². The Morgan fingerprint density at radius 2 is 1.92 bits per heavy atom. The van der Waals surface area contributed by atoms with E-state index < -0.39 is 36.0 Å². The smallest absolute Gasteiger partial charge is 0.415 e. The number of carbonyl (C=O) groups is 3. The van der Waals surface area contributed by atoms with Crippen LogP contribution < -0.4 is 5.32 Å². The molecule has 3 heterocycles. The number of rotatable bonds is 8. The number of fused-ring (bicyclic) bond motifs is 1. The average Bonchev–Trinajstić information content (AvgIpc) is 3.53. The molecule has 12 heteroatoms. The number of carbonyl (C=O) groups excluding carboxylic acids is 3. The van der Waals surface area contributed by atoms with Crippen molar-refractivity contribution in [3.63, 3.8) is 0 Å². The van der Waals surface area contributed by atoms with E-state index in [-0.39, 0.29) is 18.4 Å². The second-order valence-corrected chi connectivity index (χ2v) is 11.1. The molecule has 0 aromatic carbocycles. The monoisotopic (exact) mass is 541 g/mol. The zero-order valence-electron chi connectivity index (χ0n) is 22.6. The van der Waals surface area contributed by atoms with Gasteiger partial charge >= 0.3 is 18.0 Å². The van der Waals surface area contributed by atoms with Crippen LogP contribution in [0.25, 0.3) is 5.52 Å². The normalized spacial score (nSPS) is 21.7. The second-order valence-electron chi connectivity index (χ2n) is 11.1. The maximum absolute atomic E-state index is 12.3. The molecule has 0 spiro atoms. The van der Waals surface area contributed by atoms with E-state index in [0.29, 0.717) is 36.4 Å². The molecule has 1 aliphatic heterocycles. The molecule has 0 unspecified atom stereocenters. The quantitative estimate of drug-likeness (QED) is 0.379. The Kier molecular flexibility index (Phi) is 8.70. The van der Waals surface area contributed by atoms with E-state index in [2.05, 4.69) is 21.5 Å². The zero-order chi connectivity index (χ0) is 28.0.